The van der Waals surface area contributed by atoms with Crippen molar-refractivity contribution in [2.75, 3.05) is 12.3 Å². The summed E-state index contributed by atoms with van der Waals surface area (Å²) in [6.07, 6.45) is -2.49. The lowest BCUT2D eigenvalue weighted by Gasteiger charge is -2.16. The molecule has 1 saturated heterocycles. The zero-order chi connectivity index (χ0) is 19.5. The summed E-state index contributed by atoms with van der Waals surface area (Å²) in [6.45, 7) is -0.844. The van der Waals surface area contributed by atoms with Crippen molar-refractivity contribution < 1.29 is 43.7 Å². The van der Waals surface area contributed by atoms with Crippen molar-refractivity contribution in [3.05, 3.63) is 12.7 Å². The molecule has 0 amide bonds. The Morgan fingerprint density at radius 1 is 1.31 bits per heavy atom. The summed E-state index contributed by atoms with van der Waals surface area (Å²) in [4.78, 5) is 37.5. The number of phosphoric acid groups is 1. The minimum atomic E-state index is -4.72. The van der Waals surface area contributed by atoms with Crippen molar-refractivity contribution in [3.63, 3.8) is 0 Å². The van der Waals surface area contributed by atoms with Crippen LogP contribution in [0.1, 0.15) is 6.23 Å². The molecule has 2 aromatic heterocycles. The Bertz CT molecular complexity index is 810. The van der Waals surface area contributed by atoms with Gasteiger partial charge in [0.1, 0.15) is 30.2 Å². The number of fused-ring (bicyclic) bond motifs is 1. The third-order valence-corrected chi connectivity index (χ3v) is 3.89. The van der Waals surface area contributed by atoms with Gasteiger partial charge in [-0.1, -0.05) is 0 Å². The van der Waals surface area contributed by atoms with E-state index < -0.39 is 39.0 Å². The van der Waals surface area contributed by atoms with E-state index in [4.69, 9.17) is 30.2 Å². The first-order valence-corrected chi connectivity index (χ1v) is 8.45. The van der Waals surface area contributed by atoms with Crippen LogP contribution in [0.2, 0.25) is 0 Å². The predicted molar refractivity (Wildman–Crippen MR) is 82.3 cm³/mol. The molecule has 1 aliphatic heterocycles. The van der Waals surface area contributed by atoms with Crippen LogP contribution in [-0.4, -0.2) is 76.0 Å². The lowest BCUT2D eigenvalue weighted by atomic mass is 10.1. The van der Waals surface area contributed by atoms with Gasteiger partial charge in [0.25, 0.3) is 6.47 Å². The van der Waals surface area contributed by atoms with E-state index in [9.17, 15) is 14.8 Å². The number of imidazole rings is 1. The first-order valence-electron chi connectivity index (χ1n) is 6.92. The molecule has 14 nitrogen and oxygen atoms in total. The van der Waals surface area contributed by atoms with Crippen molar-refractivity contribution in [3.8, 4) is 0 Å². The van der Waals surface area contributed by atoms with E-state index >= 15 is 0 Å². The molecular formula is C11H16N5O9P. The molecule has 144 valence electrons. The standard InChI is InChI=1S/C10H14N5O7P.CH2O2/c11-8-5-9(13-2-12-8)15(3-14-5)10-7(17)6(16)4(22-10)1-21-23(18,19)20;2-1-3/h2-4,6-7,10,16-17H,1H2,(H2,11,12,13)(H2,18,19,20);1H,(H,2,3)/t4-,6-,7-,10-;/m1./s1. The number of aliphatic hydroxyl groups is 2. The van der Waals surface area contributed by atoms with Gasteiger partial charge >= 0.3 is 7.82 Å². The van der Waals surface area contributed by atoms with Crippen molar-refractivity contribution in [1.29, 1.82) is 0 Å². The number of rotatable bonds is 4. The molecule has 2 aromatic rings. The number of nitrogens with two attached hydrogens (primary N) is 1. The molecule has 0 bridgehead atoms. The summed E-state index contributed by atoms with van der Waals surface area (Å²) in [5.41, 5.74) is 6.25. The topological polar surface area (TPSA) is 223 Å². The van der Waals surface area contributed by atoms with Crippen LogP contribution in [-0.2, 0) is 18.6 Å². The van der Waals surface area contributed by atoms with Crippen molar-refractivity contribution in [1.82, 2.24) is 19.5 Å². The smallest absolute Gasteiger partial charge is 0.469 e. The van der Waals surface area contributed by atoms with Crippen LogP contribution in [0.15, 0.2) is 12.7 Å². The normalized spacial score (nSPS) is 25.7. The summed E-state index contributed by atoms with van der Waals surface area (Å²) in [5.74, 6) is 0.142. The highest BCUT2D eigenvalue weighted by atomic mass is 31.2. The number of aromatic nitrogens is 4. The third kappa shape index (κ3) is 4.31. The second kappa shape index (κ2) is 8.01. The van der Waals surface area contributed by atoms with Crippen molar-refractivity contribution in [2.24, 2.45) is 0 Å². The average Bonchev–Trinajstić information content (AvgIpc) is 3.10. The van der Waals surface area contributed by atoms with Gasteiger partial charge in [0, 0.05) is 0 Å². The fourth-order valence-corrected chi connectivity index (χ4v) is 2.66. The predicted octanol–water partition coefficient (Wildman–Crippen LogP) is -2.16. The quantitative estimate of drug-likeness (QED) is 0.241. The molecule has 0 aliphatic carbocycles. The fraction of sp³-hybridized carbons (Fsp3) is 0.455. The van der Waals surface area contributed by atoms with Gasteiger partial charge in [0.2, 0.25) is 0 Å². The summed E-state index contributed by atoms with van der Waals surface area (Å²) in [5, 5.41) is 26.9. The second-order valence-corrected chi connectivity index (χ2v) is 6.26. The SMILES string of the molecule is Nc1ncnc2c1ncn2[C@@H]1O[C@H](COP(=O)(O)O)[C@@H](O)[C@H]1O.O=CO. The number of ether oxygens (including phenoxy) is 1. The maximum atomic E-state index is 10.7. The summed E-state index contributed by atoms with van der Waals surface area (Å²) >= 11 is 0. The van der Waals surface area contributed by atoms with Crippen molar-refractivity contribution in [2.45, 2.75) is 24.5 Å². The van der Waals surface area contributed by atoms with E-state index in [1.807, 2.05) is 0 Å². The zero-order valence-electron chi connectivity index (χ0n) is 12.9. The molecule has 15 heteroatoms. The first kappa shape index (κ1) is 20.1. The van der Waals surface area contributed by atoms with Gasteiger partial charge in [-0.05, 0) is 0 Å². The number of phosphoric ester groups is 1. The fourth-order valence-electron chi connectivity index (χ4n) is 2.32. The Labute approximate surface area is 145 Å². The number of hydrogen-bond acceptors (Lipinski definition) is 10. The Morgan fingerprint density at radius 3 is 2.58 bits per heavy atom. The number of anilines is 1. The van der Waals surface area contributed by atoms with Gasteiger partial charge in [0.05, 0.1) is 12.9 Å². The molecule has 3 heterocycles. The highest BCUT2D eigenvalue weighted by Gasteiger charge is 2.45. The molecule has 4 atom stereocenters. The lowest BCUT2D eigenvalue weighted by Crippen LogP contribution is -2.33. The molecular weight excluding hydrogens is 377 g/mol. The van der Waals surface area contributed by atoms with E-state index in [0.29, 0.717) is 5.52 Å². The van der Waals surface area contributed by atoms with E-state index in [-0.39, 0.29) is 17.9 Å². The number of carboxylic acid groups (broad SMARTS) is 1. The average molecular weight is 393 g/mol. The maximum Gasteiger partial charge on any atom is 0.469 e. The molecule has 0 aromatic carbocycles. The van der Waals surface area contributed by atoms with Crippen LogP contribution in [0.4, 0.5) is 5.82 Å². The minimum Gasteiger partial charge on any atom is -0.483 e. The number of hydrogen-bond donors (Lipinski definition) is 6. The maximum absolute atomic E-state index is 10.7. The first-order chi connectivity index (χ1) is 12.2. The summed E-state index contributed by atoms with van der Waals surface area (Å²) < 4.78 is 21.8. The Hall–Kier alpha value is -2.19. The Balaban J connectivity index is 0.000000758. The van der Waals surface area contributed by atoms with Crippen LogP contribution in [0.3, 0.4) is 0 Å². The van der Waals surface area contributed by atoms with Gasteiger partial charge < -0.3 is 35.6 Å². The molecule has 0 radical (unpaired) electrons. The zero-order valence-corrected chi connectivity index (χ0v) is 13.8. The third-order valence-electron chi connectivity index (χ3n) is 3.41. The summed E-state index contributed by atoms with van der Waals surface area (Å²) in [6, 6.07) is 0. The van der Waals surface area contributed by atoms with Crippen LogP contribution in [0, 0.1) is 0 Å². The molecule has 0 spiro atoms. The van der Waals surface area contributed by atoms with Gasteiger partial charge in [-0.15, -0.1) is 0 Å². The van der Waals surface area contributed by atoms with Crippen LogP contribution < -0.4 is 5.73 Å². The Morgan fingerprint density at radius 2 is 1.96 bits per heavy atom. The molecule has 0 saturated carbocycles. The second-order valence-electron chi connectivity index (χ2n) is 5.02. The summed E-state index contributed by atoms with van der Waals surface area (Å²) in [7, 11) is -4.72. The number of carbonyl (C=O) groups is 1. The number of nitrogen functional groups attached to an aromatic ring is 1. The molecule has 1 fully saturated rings. The molecule has 3 rings (SSSR count). The van der Waals surface area contributed by atoms with Gasteiger partial charge in [-0.3, -0.25) is 13.9 Å². The van der Waals surface area contributed by atoms with Crippen LogP contribution >= 0.6 is 7.82 Å². The monoisotopic (exact) mass is 393 g/mol. The molecule has 26 heavy (non-hydrogen) atoms. The number of aliphatic hydroxyl groups excluding tert-OH is 2. The number of nitrogens with zero attached hydrogens (tertiary/aromatic N) is 4. The lowest BCUT2D eigenvalue weighted by molar-refractivity contribution is -0.122. The van der Waals surface area contributed by atoms with Gasteiger partial charge in [0.15, 0.2) is 17.7 Å². The van der Waals surface area contributed by atoms with E-state index in [2.05, 4.69) is 19.5 Å². The van der Waals surface area contributed by atoms with Gasteiger partial charge in [-0.2, -0.15) is 0 Å². The molecule has 0 unspecified atom stereocenters. The highest BCUT2D eigenvalue weighted by Crippen LogP contribution is 2.38. The van der Waals surface area contributed by atoms with Crippen LogP contribution in [0.25, 0.3) is 11.2 Å². The molecule has 7 N–H and O–H groups in total. The van der Waals surface area contributed by atoms with E-state index in [1.165, 1.54) is 17.2 Å². The van der Waals surface area contributed by atoms with Crippen LogP contribution in [0.5, 0.6) is 0 Å². The van der Waals surface area contributed by atoms with Gasteiger partial charge in [-0.25, -0.2) is 19.5 Å². The van der Waals surface area contributed by atoms with E-state index in [1.54, 1.807) is 0 Å². The largest absolute Gasteiger partial charge is 0.483 e. The van der Waals surface area contributed by atoms with Crippen molar-refractivity contribution >= 4 is 31.3 Å². The Kier molecular flexibility index (Phi) is 6.20. The van der Waals surface area contributed by atoms with E-state index in [0.717, 1.165) is 0 Å². The highest BCUT2D eigenvalue weighted by molar-refractivity contribution is 7.46. The molecule has 1 aliphatic rings. The minimum absolute atomic E-state index is 0.142.